The Labute approximate surface area is 124 Å². The molecule has 3 aromatic rings. The monoisotopic (exact) mass is 275 g/mol. The lowest BCUT2D eigenvalue weighted by Crippen LogP contribution is -1.96. The molecule has 1 aromatic heterocycles. The van der Waals surface area contributed by atoms with Crippen molar-refractivity contribution in [2.24, 2.45) is 0 Å². The van der Waals surface area contributed by atoms with Crippen molar-refractivity contribution in [2.75, 3.05) is 0 Å². The summed E-state index contributed by atoms with van der Waals surface area (Å²) in [4.78, 5) is 4.80. The molecule has 1 aliphatic carbocycles. The second kappa shape index (κ2) is 4.88. The minimum atomic E-state index is 0.903. The highest BCUT2D eigenvalue weighted by Gasteiger charge is 2.21. The molecule has 0 amide bonds. The number of fused-ring (bicyclic) bond motifs is 2. The van der Waals surface area contributed by atoms with Gasteiger partial charge in [0.05, 0.1) is 5.52 Å². The highest BCUT2D eigenvalue weighted by molar-refractivity contribution is 5.87. The topological polar surface area (TPSA) is 22.1 Å². The Bertz CT molecular complexity index is 823. The van der Waals surface area contributed by atoms with Crippen LogP contribution >= 0.6 is 0 Å². The maximum absolute atomic E-state index is 6.28. The van der Waals surface area contributed by atoms with Gasteiger partial charge < -0.3 is 4.74 Å². The van der Waals surface area contributed by atoms with Crippen molar-refractivity contribution in [3.63, 3.8) is 0 Å². The van der Waals surface area contributed by atoms with Gasteiger partial charge in [-0.1, -0.05) is 24.3 Å². The summed E-state index contributed by atoms with van der Waals surface area (Å²) in [7, 11) is 0. The highest BCUT2D eigenvalue weighted by Crippen LogP contribution is 2.38. The highest BCUT2D eigenvalue weighted by atomic mass is 16.5. The standard InChI is InChI=1S/C19H17NO/c1-13-6-4-7-14(12-13)21-19-15-8-2-3-10-17(15)20-18-11-5-9-16(18)19/h2-4,6-8,10,12H,5,9,11H2,1H3. The molecule has 0 fully saturated rings. The first-order valence-corrected chi connectivity index (χ1v) is 7.46. The average Bonchev–Trinajstić information content (AvgIpc) is 2.95. The fourth-order valence-corrected chi connectivity index (χ4v) is 3.08. The predicted octanol–water partition coefficient (Wildman–Crippen LogP) is 4.82. The zero-order valence-electron chi connectivity index (χ0n) is 12.1. The van der Waals surface area contributed by atoms with E-state index in [0.29, 0.717) is 0 Å². The van der Waals surface area contributed by atoms with E-state index in [1.165, 1.54) is 23.2 Å². The molecule has 0 N–H and O–H groups in total. The number of benzene rings is 2. The lowest BCUT2D eigenvalue weighted by atomic mass is 10.1. The van der Waals surface area contributed by atoms with Crippen LogP contribution in [-0.4, -0.2) is 4.98 Å². The minimum absolute atomic E-state index is 0.903. The van der Waals surface area contributed by atoms with E-state index in [1.54, 1.807) is 0 Å². The van der Waals surface area contributed by atoms with Crippen LogP contribution in [-0.2, 0) is 12.8 Å². The Kier molecular flexibility index (Phi) is 2.88. The number of rotatable bonds is 2. The summed E-state index contributed by atoms with van der Waals surface area (Å²) in [5.74, 6) is 1.90. The molecule has 2 aromatic carbocycles. The average molecular weight is 275 g/mol. The van der Waals surface area contributed by atoms with Gasteiger partial charge in [0.15, 0.2) is 0 Å². The number of ether oxygens (including phenoxy) is 1. The van der Waals surface area contributed by atoms with Gasteiger partial charge in [0.1, 0.15) is 11.5 Å². The molecule has 0 radical (unpaired) electrons. The largest absolute Gasteiger partial charge is 0.456 e. The molecule has 0 saturated carbocycles. The van der Waals surface area contributed by atoms with Crippen LogP contribution in [0.2, 0.25) is 0 Å². The quantitative estimate of drug-likeness (QED) is 0.668. The Balaban J connectivity index is 1.90. The summed E-state index contributed by atoms with van der Waals surface area (Å²) in [6.45, 7) is 2.09. The lowest BCUT2D eigenvalue weighted by molar-refractivity contribution is 0.482. The Morgan fingerprint density at radius 3 is 2.81 bits per heavy atom. The van der Waals surface area contributed by atoms with Crippen molar-refractivity contribution in [3.8, 4) is 11.5 Å². The van der Waals surface area contributed by atoms with Gasteiger partial charge in [-0.05, 0) is 56.0 Å². The Morgan fingerprint density at radius 2 is 1.90 bits per heavy atom. The van der Waals surface area contributed by atoms with E-state index in [2.05, 4.69) is 37.3 Å². The summed E-state index contributed by atoms with van der Waals surface area (Å²) in [5.41, 5.74) is 4.73. The normalized spacial score (nSPS) is 13.4. The second-order valence-electron chi connectivity index (χ2n) is 5.66. The number of hydrogen-bond donors (Lipinski definition) is 0. The van der Waals surface area contributed by atoms with Crippen molar-refractivity contribution in [3.05, 3.63) is 65.4 Å². The number of nitrogens with zero attached hydrogens (tertiary/aromatic N) is 1. The molecule has 0 aliphatic heterocycles. The summed E-state index contributed by atoms with van der Waals surface area (Å²) < 4.78 is 6.28. The molecule has 0 unspecified atom stereocenters. The van der Waals surface area contributed by atoms with Gasteiger partial charge in [-0.15, -0.1) is 0 Å². The third-order valence-corrected chi connectivity index (χ3v) is 4.08. The van der Waals surface area contributed by atoms with Crippen LogP contribution in [0.4, 0.5) is 0 Å². The van der Waals surface area contributed by atoms with Gasteiger partial charge in [0.2, 0.25) is 0 Å². The van der Waals surface area contributed by atoms with Crippen molar-refractivity contribution >= 4 is 10.9 Å². The minimum Gasteiger partial charge on any atom is -0.456 e. The van der Waals surface area contributed by atoms with Gasteiger partial charge >= 0.3 is 0 Å². The fourth-order valence-electron chi connectivity index (χ4n) is 3.08. The first-order chi connectivity index (χ1) is 10.3. The fraction of sp³-hybridized carbons (Fsp3) is 0.211. The van der Waals surface area contributed by atoms with Gasteiger partial charge in [0.25, 0.3) is 0 Å². The maximum atomic E-state index is 6.28. The third kappa shape index (κ3) is 2.17. The first-order valence-electron chi connectivity index (χ1n) is 7.46. The SMILES string of the molecule is Cc1cccc(Oc2c3c(nc4ccccc24)CCC3)c1. The van der Waals surface area contributed by atoms with Crippen LogP contribution in [0.15, 0.2) is 48.5 Å². The molecule has 1 aliphatic rings. The van der Waals surface area contributed by atoms with Crippen molar-refractivity contribution in [2.45, 2.75) is 26.2 Å². The molecular weight excluding hydrogens is 258 g/mol. The summed E-state index contributed by atoms with van der Waals surface area (Å²) in [6.07, 6.45) is 3.29. The zero-order chi connectivity index (χ0) is 14.2. The maximum Gasteiger partial charge on any atom is 0.141 e. The smallest absolute Gasteiger partial charge is 0.141 e. The first kappa shape index (κ1) is 12.4. The molecule has 104 valence electrons. The van der Waals surface area contributed by atoms with Crippen LogP contribution in [0.25, 0.3) is 10.9 Å². The number of pyridine rings is 1. The second-order valence-corrected chi connectivity index (χ2v) is 5.66. The van der Waals surface area contributed by atoms with Crippen LogP contribution in [0.3, 0.4) is 0 Å². The van der Waals surface area contributed by atoms with Crippen LogP contribution in [0.5, 0.6) is 11.5 Å². The van der Waals surface area contributed by atoms with Gasteiger partial charge in [0, 0.05) is 16.6 Å². The number of aryl methyl sites for hydroxylation is 2. The van der Waals surface area contributed by atoms with Crippen LogP contribution in [0.1, 0.15) is 23.2 Å². The van der Waals surface area contributed by atoms with Crippen molar-refractivity contribution in [1.82, 2.24) is 4.98 Å². The molecule has 0 bridgehead atoms. The number of para-hydroxylation sites is 1. The van der Waals surface area contributed by atoms with E-state index in [-0.39, 0.29) is 0 Å². The van der Waals surface area contributed by atoms with E-state index in [9.17, 15) is 0 Å². The molecule has 2 nitrogen and oxygen atoms in total. The molecule has 1 heterocycles. The molecule has 0 atom stereocenters. The summed E-state index contributed by atoms with van der Waals surface area (Å²) >= 11 is 0. The Morgan fingerprint density at radius 1 is 1.00 bits per heavy atom. The summed E-state index contributed by atoms with van der Waals surface area (Å²) in [5, 5.41) is 1.11. The molecular formula is C19H17NO. The molecule has 0 spiro atoms. The van der Waals surface area contributed by atoms with Gasteiger partial charge in [-0.2, -0.15) is 0 Å². The van der Waals surface area contributed by atoms with E-state index < -0.39 is 0 Å². The van der Waals surface area contributed by atoms with Gasteiger partial charge in [-0.3, -0.25) is 4.98 Å². The summed E-state index contributed by atoms with van der Waals surface area (Å²) in [6, 6.07) is 16.5. The lowest BCUT2D eigenvalue weighted by Gasteiger charge is -2.14. The predicted molar refractivity (Wildman–Crippen MR) is 85.0 cm³/mol. The van der Waals surface area contributed by atoms with Crippen molar-refractivity contribution in [1.29, 1.82) is 0 Å². The molecule has 4 rings (SSSR count). The molecule has 2 heteroatoms. The van der Waals surface area contributed by atoms with Crippen molar-refractivity contribution < 1.29 is 4.74 Å². The molecule has 0 saturated heterocycles. The van der Waals surface area contributed by atoms with Crippen LogP contribution in [0, 0.1) is 6.92 Å². The van der Waals surface area contributed by atoms with Gasteiger partial charge in [-0.25, -0.2) is 0 Å². The van der Waals surface area contributed by atoms with Crippen LogP contribution < -0.4 is 4.74 Å². The third-order valence-electron chi connectivity index (χ3n) is 4.08. The van der Waals surface area contributed by atoms with E-state index in [4.69, 9.17) is 9.72 Å². The Hall–Kier alpha value is -2.35. The van der Waals surface area contributed by atoms with E-state index >= 15 is 0 Å². The van der Waals surface area contributed by atoms with E-state index in [1.807, 2.05) is 18.2 Å². The zero-order valence-corrected chi connectivity index (χ0v) is 12.1. The van der Waals surface area contributed by atoms with E-state index in [0.717, 1.165) is 35.2 Å². The molecule has 21 heavy (non-hydrogen) atoms. The number of aromatic nitrogens is 1. The number of hydrogen-bond acceptors (Lipinski definition) is 2.